The number of hydrogen-bond acceptors (Lipinski definition) is 0. The van der Waals surface area contributed by atoms with E-state index in [-0.39, 0.29) is 0 Å². The quantitative estimate of drug-likeness (QED) is 0.328. The third-order valence-electron chi connectivity index (χ3n) is 2.49. The Balaban J connectivity index is 2.91. The lowest BCUT2D eigenvalue weighted by Gasteiger charge is -1.98. The standard InChI is InChI=1S/C14H27/c1-3-5-7-9-11-13-14-12-10-8-6-4-2/h8,10H,1,3-7,9,11-14H2,2H3. The van der Waals surface area contributed by atoms with Crippen molar-refractivity contribution < 1.29 is 0 Å². The third-order valence-corrected chi connectivity index (χ3v) is 2.49. The van der Waals surface area contributed by atoms with E-state index in [1.165, 1.54) is 57.8 Å². The van der Waals surface area contributed by atoms with Crippen molar-refractivity contribution in [1.82, 2.24) is 0 Å². The summed E-state index contributed by atoms with van der Waals surface area (Å²) >= 11 is 0. The Kier molecular flexibility index (Phi) is 12.5. The van der Waals surface area contributed by atoms with Crippen LogP contribution in [0.3, 0.4) is 0 Å². The molecule has 0 rings (SSSR count). The Bertz CT molecular complexity index is 113. The van der Waals surface area contributed by atoms with Gasteiger partial charge in [-0.3, -0.25) is 0 Å². The molecule has 0 aliphatic heterocycles. The van der Waals surface area contributed by atoms with E-state index in [9.17, 15) is 0 Å². The molecule has 0 unspecified atom stereocenters. The normalized spacial score (nSPS) is 11.3. The molecule has 1 radical (unpaired) electrons. The zero-order valence-corrected chi connectivity index (χ0v) is 9.93. The second-order valence-corrected chi connectivity index (χ2v) is 4.02. The molecule has 0 saturated heterocycles. The summed E-state index contributed by atoms with van der Waals surface area (Å²) in [6.45, 7) is 6.08. The van der Waals surface area contributed by atoms with Crippen molar-refractivity contribution in [2.75, 3.05) is 0 Å². The van der Waals surface area contributed by atoms with E-state index in [4.69, 9.17) is 0 Å². The first-order valence-electron chi connectivity index (χ1n) is 6.36. The summed E-state index contributed by atoms with van der Waals surface area (Å²) in [6.07, 6.45) is 17.9. The van der Waals surface area contributed by atoms with Crippen LogP contribution in [0.5, 0.6) is 0 Å². The van der Waals surface area contributed by atoms with Gasteiger partial charge in [0.25, 0.3) is 0 Å². The summed E-state index contributed by atoms with van der Waals surface area (Å²) in [5, 5.41) is 0. The maximum atomic E-state index is 3.85. The van der Waals surface area contributed by atoms with Crippen LogP contribution >= 0.6 is 0 Å². The van der Waals surface area contributed by atoms with Crippen LogP contribution in [0, 0.1) is 6.92 Å². The summed E-state index contributed by atoms with van der Waals surface area (Å²) in [7, 11) is 0. The van der Waals surface area contributed by atoms with E-state index in [0.29, 0.717) is 0 Å². The molecular weight excluding hydrogens is 168 g/mol. The van der Waals surface area contributed by atoms with Crippen molar-refractivity contribution >= 4 is 0 Å². The zero-order valence-electron chi connectivity index (χ0n) is 9.93. The number of unbranched alkanes of at least 4 members (excludes halogenated alkanes) is 8. The summed E-state index contributed by atoms with van der Waals surface area (Å²) < 4.78 is 0. The van der Waals surface area contributed by atoms with E-state index in [2.05, 4.69) is 26.0 Å². The fourth-order valence-electron chi connectivity index (χ4n) is 1.55. The molecule has 14 heavy (non-hydrogen) atoms. The fourth-order valence-corrected chi connectivity index (χ4v) is 1.55. The highest BCUT2D eigenvalue weighted by atomic mass is 13.9. The van der Waals surface area contributed by atoms with Gasteiger partial charge < -0.3 is 0 Å². The van der Waals surface area contributed by atoms with Crippen molar-refractivity contribution in [1.29, 1.82) is 0 Å². The lowest BCUT2D eigenvalue weighted by molar-refractivity contribution is 0.599. The van der Waals surface area contributed by atoms with E-state index >= 15 is 0 Å². The second kappa shape index (κ2) is 12.7. The maximum absolute atomic E-state index is 3.85. The van der Waals surface area contributed by atoms with Crippen LogP contribution in [0.25, 0.3) is 0 Å². The number of rotatable bonds is 10. The van der Waals surface area contributed by atoms with Gasteiger partial charge in [0.2, 0.25) is 0 Å². The average molecular weight is 195 g/mol. The van der Waals surface area contributed by atoms with Gasteiger partial charge in [0.1, 0.15) is 0 Å². The summed E-state index contributed by atoms with van der Waals surface area (Å²) in [4.78, 5) is 0. The summed E-state index contributed by atoms with van der Waals surface area (Å²) in [5.41, 5.74) is 0. The highest BCUT2D eigenvalue weighted by Crippen LogP contribution is 2.08. The predicted octanol–water partition coefficient (Wildman–Crippen LogP) is 5.30. The molecule has 0 saturated carbocycles. The van der Waals surface area contributed by atoms with Crippen molar-refractivity contribution in [2.45, 2.75) is 71.1 Å². The Morgan fingerprint density at radius 2 is 1.36 bits per heavy atom. The molecule has 0 aromatic carbocycles. The molecular formula is C14H27. The van der Waals surface area contributed by atoms with E-state index < -0.39 is 0 Å². The van der Waals surface area contributed by atoms with Crippen molar-refractivity contribution in [3.63, 3.8) is 0 Å². The molecule has 0 spiro atoms. The highest BCUT2D eigenvalue weighted by Gasteiger charge is 1.88. The van der Waals surface area contributed by atoms with Crippen molar-refractivity contribution in [3.8, 4) is 0 Å². The van der Waals surface area contributed by atoms with Crippen LogP contribution in [-0.4, -0.2) is 0 Å². The molecule has 0 aliphatic rings. The van der Waals surface area contributed by atoms with Gasteiger partial charge in [-0.1, -0.05) is 70.9 Å². The molecule has 0 aliphatic carbocycles. The first-order valence-corrected chi connectivity index (χ1v) is 6.36. The molecule has 0 heterocycles. The first kappa shape index (κ1) is 13.7. The highest BCUT2D eigenvalue weighted by molar-refractivity contribution is 4.80. The molecule has 0 nitrogen and oxygen atoms in total. The van der Waals surface area contributed by atoms with Crippen LogP contribution in [0.2, 0.25) is 0 Å². The Labute approximate surface area is 90.8 Å². The van der Waals surface area contributed by atoms with Gasteiger partial charge in [0.05, 0.1) is 0 Å². The van der Waals surface area contributed by atoms with Gasteiger partial charge in [0.15, 0.2) is 0 Å². The molecule has 0 fully saturated rings. The van der Waals surface area contributed by atoms with Gasteiger partial charge in [-0.05, 0) is 19.3 Å². The van der Waals surface area contributed by atoms with E-state index in [0.717, 1.165) is 6.42 Å². The number of allylic oxidation sites excluding steroid dienone is 2. The molecule has 0 bridgehead atoms. The van der Waals surface area contributed by atoms with Crippen LogP contribution in [-0.2, 0) is 0 Å². The minimum absolute atomic E-state index is 1.11. The number of hydrogen-bond donors (Lipinski definition) is 0. The Morgan fingerprint density at radius 1 is 0.786 bits per heavy atom. The van der Waals surface area contributed by atoms with Gasteiger partial charge >= 0.3 is 0 Å². The average Bonchev–Trinajstić information content (AvgIpc) is 2.21. The van der Waals surface area contributed by atoms with Crippen molar-refractivity contribution in [2.24, 2.45) is 0 Å². The van der Waals surface area contributed by atoms with Crippen LogP contribution in [0.15, 0.2) is 12.2 Å². The topological polar surface area (TPSA) is 0 Å². The summed E-state index contributed by atoms with van der Waals surface area (Å²) in [6, 6.07) is 0. The summed E-state index contributed by atoms with van der Waals surface area (Å²) in [5.74, 6) is 0. The third kappa shape index (κ3) is 11.7. The lowest BCUT2D eigenvalue weighted by atomic mass is 10.1. The maximum Gasteiger partial charge on any atom is -0.0351 e. The van der Waals surface area contributed by atoms with Crippen LogP contribution in [0.4, 0.5) is 0 Å². The molecule has 0 amide bonds. The van der Waals surface area contributed by atoms with Gasteiger partial charge in [-0.15, -0.1) is 0 Å². The fraction of sp³-hybridized carbons (Fsp3) is 0.786. The smallest absolute Gasteiger partial charge is 0.0351 e. The first-order chi connectivity index (χ1) is 6.91. The molecule has 0 aromatic rings. The minimum Gasteiger partial charge on any atom is -0.0885 e. The van der Waals surface area contributed by atoms with Crippen molar-refractivity contribution in [3.05, 3.63) is 19.1 Å². The Morgan fingerprint density at radius 3 is 2.00 bits per heavy atom. The monoisotopic (exact) mass is 195 g/mol. The van der Waals surface area contributed by atoms with E-state index in [1.807, 2.05) is 0 Å². The second-order valence-electron chi connectivity index (χ2n) is 4.02. The van der Waals surface area contributed by atoms with Gasteiger partial charge in [0, 0.05) is 0 Å². The Hall–Kier alpha value is -0.260. The SMILES string of the molecule is [CH2]CCCCCCCCC=CCCC. The van der Waals surface area contributed by atoms with Crippen LogP contribution < -0.4 is 0 Å². The molecule has 0 atom stereocenters. The predicted molar refractivity (Wildman–Crippen MR) is 66.3 cm³/mol. The minimum atomic E-state index is 1.11. The molecule has 0 heteroatoms. The van der Waals surface area contributed by atoms with Crippen LogP contribution in [0.1, 0.15) is 71.1 Å². The molecule has 0 aromatic heterocycles. The zero-order chi connectivity index (χ0) is 10.5. The van der Waals surface area contributed by atoms with E-state index in [1.54, 1.807) is 0 Å². The molecule has 0 N–H and O–H groups in total. The molecule has 83 valence electrons. The lowest BCUT2D eigenvalue weighted by Crippen LogP contribution is -1.78. The largest absolute Gasteiger partial charge is 0.0885 e. The van der Waals surface area contributed by atoms with Gasteiger partial charge in [-0.2, -0.15) is 0 Å². The van der Waals surface area contributed by atoms with Gasteiger partial charge in [-0.25, -0.2) is 0 Å².